The lowest BCUT2D eigenvalue weighted by Gasteiger charge is -2.22. The van der Waals surface area contributed by atoms with Gasteiger partial charge in [0.2, 0.25) is 17.7 Å². The van der Waals surface area contributed by atoms with Gasteiger partial charge in [0, 0.05) is 38.7 Å². The van der Waals surface area contributed by atoms with Gasteiger partial charge in [0.05, 0.1) is 6.21 Å². The molecular weight excluding hydrogens is 386 g/mol. The lowest BCUT2D eigenvalue weighted by molar-refractivity contribution is -0.131. The molecule has 1 aromatic heterocycles. The molecule has 1 heterocycles. The normalized spacial score (nSPS) is 16.7. The largest absolute Gasteiger partial charge is 0.364 e. The van der Waals surface area contributed by atoms with Gasteiger partial charge in [0.25, 0.3) is 0 Å². The molecule has 1 aliphatic carbocycles. The fourth-order valence-electron chi connectivity index (χ4n) is 3.47. The molecule has 5 N–H and O–H groups in total. The maximum Gasteiger partial charge on any atom is 0.243 e. The van der Waals surface area contributed by atoms with Crippen molar-refractivity contribution in [2.24, 2.45) is 5.92 Å². The number of H-pyrrole nitrogens is 1. The minimum Gasteiger partial charge on any atom is -0.364 e. The first kappa shape index (κ1) is 23.1. The van der Waals surface area contributed by atoms with E-state index in [4.69, 9.17) is 5.41 Å². The molecule has 9 heteroatoms. The van der Waals surface area contributed by atoms with Crippen molar-refractivity contribution in [2.75, 3.05) is 7.05 Å². The molecule has 0 saturated heterocycles. The van der Waals surface area contributed by atoms with Crippen molar-refractivity contribution in [3.63, 3.8) is 0 Å². The van der Waals surface area contributed by atoms with Crippen molar-refractivity contribution >= 4 is 35.8 Å². The van der Waals surface area contributed by atoms with Crippen molar-refractivity contribution in [3.05, 3.63) is 29.1 Å². The van der Waals surface area contributed by atoms with Crippen LogP contribution in [0.25, 0.3) is 6.08 Å². The molecule has 0 fully saturated rings. The topological polar surface area (TPSA) is 144 Å². The number of rotatable bonds is 10. The molecule has 1 unspecified atom stereocenters. The summed E-state index contributed by atoms with van der Waals surface area (Å²) in [6, 6.07) is -1.82. The van der Waals surface area contributed by atoms with E-state index in [1.165, 1.54) is 14.0 Å². The monoisotopic (exact) mass is 415 g/mol. The molecular formula is C21H29N5O4. The summed E-state index contributed by atoms with van der Waals surface area (Å²) in [7, 11) is 1.44. The average molecular weight is 415 g/mol. The fraction of sp³-hybridized carbons (Fsp3) is 0.476. The first-order chi connectivity index (χ1) is 14.2. The first-order valence-electron chi connectivity index (χ1n) is 9.94. The first-order valence-corrected chi connectivity index (χ1v) is 9.94. The second kappa shape index (κ2) is 10.5. The summed E-state index contributed by atoms with van der Waals surface area (Å²) < 4.78 is 0. The van der Waals surface area contributed by atoms with Crippen LogP contribution in [0.5, 0.6) is 0 Å². The molecule has 0 aromatic carbocycles. The van der Waals surface area contributed by atoms with E-state index in [2.05, 4.69) is 33.9 Å². The Labute approximate surface area is 175 Å². The number of ketones is 1. The lowest BCUT2D eigenvalue weighted by Crippen LogP contribution is -2.54. The van der Waals surface area contributed by atoms with E-state index in [1.807, 2.05) is 12.3 Å². The summed E-state index contributed by atoms with van der Waals surface area (Å²) in [6.45, 7) is 3.45. The summed E-state index contributed by atoms with van der Waals surface area (Å²) >= 11 is 0. The Morgan fingerprint density at radius 2 is 1.97 bits per heavy atom. The molecule has 30 heavy (non-hydrogen) atoms. The van der Waals surface area contributed by atoms with Gasteiger partial charge in [-0.15, -0.1) is 0 Å². The average Bonchev–Trinajstić information content (AvgIpc) is 3.10. The molecule has 3 atom stereocenters. The number of amides is 3. The van der Waals surface area contributed by atoms with Crippen molar-refractivity contribution in [3.8, 4) is 0 Å². The smallest absolute Gasteiger partial charge is 0.243 e. The second-order valence-corrected chi connectivity index (χ2v) is 7.53. The number of hydrogen-bond donors (Lipinski definition) is 5. The van der Waals surface area contributed by atoms with Crippen molar-refractivity contribution in [1.82, 2.24) is 20.9 Å². The zero-order chi connectivity index (χ0) is 22.3. The SMILES string of the molecule is CNC(=O)[C@H](CCC(=O)C=N)NC(=O)[C@H](Cc1c[nH]c2c1C=CC(C)C2)NC(C)=O. The van der Waals surface area contributed by atoms with Gasteiger partial charge in [-0.3, -0.25) is 19.2 Å². The van der Waals surface area contributed by atoms with E-state index < -0.39 is 29.7 Å². The van der Waals surface area contributed by atoms with Gasteiger partial charge in [-0.1, -0.05) is 19.1 Å². The standard InChI is InChI=1S/C21H29N5O4/c1-12-4-6-16-14(11-24-18(16)8-12)9-19(25-13(2)27)21(30)26-17(20(29)23-3)7-5-15(28)10-22/h4,6,10-12,17,19,22,24H,5,7-9H2,1-3H3,(H,23,29)(H,25,27)(H,26,30)/t12?,17-,19-/m0/s1. The van der Waals surface area contributed by atoms with E-state index in [0.717, 1.165) is 23.2 Å². The van der Waals surface area contributed by atoms with E-state index in [-0.39, 0.29) is 25.2 Å². The number of aromatic amines is 1. The quantitative estimate of drug-likeness (QED) is 0.354. The van der Waals surface area contributed by atoms with Crippen molar-refractivity contribution in [2.45, 2.75) is 51.6 Å². The number of carbonyl (C=O) groups is 4. The minimum atomic E-state index is -0.941. The third kappa shape index (κ3) is 6.13. The third-order valence-electron chi connectivity index (χ3n) is 5.05. The van der Waals surface area contributed by atoms with Crippen LogP contribution < -0.4 is 16.0 Å². The number of aromatic nitrogens is 1. The Balaban J connectivity index is 2.15. The second-order valence-electron chi connectivity index (χ2n) is 7.53. The van der Waals surface area contributed by atoms with Gasteiger partial charge < -0.3 is 26.3 Å². The maximum absolute atomic E-state index is 12.9. The van der Waals surface area contributed by atoms with Crippen LogP contribution in [0, 0.1) is 11.3 Å². The summed E-state index contributed by atoms with van der Waals surface area (Å²) in [4.78, 5) is 51.4. The number of likely N-dealkylation sites (N-methyl/N-ethyl adjacent to an activating group) is 1. The molecule has 1 aliphatic rings. The van der Waals surface area contributed by atoms with E-state index in [1.54, 1.807) is 0 Å². The van der Waals surface area contributed by atoms with Crippen LogP contribution in [-0.4, -0.2) is 53.8 Å². The molecule has 162 valence electrons. The Morgan fingerprint density at radius 1 is 1.23 bits per heavy atom. The summed E-state index contributed by atoms with van der Waals surface area (Å²) in [6.07, 6.45) is 7.82. The van der Waals surface area contributed by atoms with Crippen LogP contribution in [0.15, 0.2) is 12.3 Å². The predicted octanol–water partition coefficient (Wildman–Crippen LogP) is 0.497. The van der Waals surface area contributed by atoms with Crippen LogP contribution >= 0.6 is 0 Å². The third-order valence-corrected chi connectivity index (χ3v) is 5.05. The van der Waals surface area contributed by atoms with Gasteiger partial charge in [0.1, 0.15) is 12.1 Å². The minimum absolute atomic E-state index is 0.0407. The zero-order valence-corrected chi connectivity index (χ0v) is 17.5. The van der Waals surface area contributed by atoms with Gasteiger partial charge >= 0.3 is 0 Å². The summed E-state index contributed by atoms with van der Waals surface area (Å²) in [5.41, 5.74) is 3.02. The van der Waals surface area contributed by atoms with E-state index >= 15 is 0 Å². The highest BCUT2D eigenvalue weighted by Crippen LogP contribution is 2.26. The number of hydrogen-bond acceptors (Lipinski definition) is 5. The van der Waals surface area contributed by atoms with Gasteiger partial charge in [-0.2, -0.15) is 0 Å². The molecule has 0 radical (unpaired) electrons. The van der Waals surface area contributed by atoms with Crippen LogP contribution in [0.3, 0.4) is 0 Å². The Hall–Kier alpha value is -3.23. The molecule has 3 amide bonds. The van der Waals surface area contributed by atoms with Crippen LogP contribution in [-0.2, 0) is 32.0 Å². The van der Waals surface area contributed by atoms with Crippen LogP contribution in [0.1, 0.15) is 43.5 Å². The van der Waals surface area contributed by atoms with Crippen molar-refractivity contribution in [1.29, 1.82) is 5.41 Å². The van der Waals surface area contributed by atoms with Gasteiger partial charge in [0.15, 0.2) is 5.78 Å². The molecule has 0 saturated carbocycles. The van der Waals surface area contributed by atoms with Crippen LogP contribution in [0.2, 0.25) is 0 Å². The van der Waals surface area contributed by atoms with Crippen molar-refractivity contribution < 1.29 is 19.2 Å². The zero-order valence-electron chi connectivity index (χ0n) is 17.5. The molecule has 1 aromatic rings. The van der Waals surface area contributed by atoms with E-state index in [0.29, 0.717) is 12.1 Å². The number of fused-ring (bicyclic) bond motifs is 1. The molecule has 0 bridgehead atoms. The number of carbonyl (C=O) groups excluding carboxylic acids is 4. The van der Waals surface area contributed by atoms with Gasteiger partial charge in [-0.05, 0) is 29.9 Å². The molecule has 2 rings (SSSR count). The summed E-state index contributed by atoms with van der Waals surface area (Å²) in [5.74, 6) is -1.32. The van der Waals surface area contributed by atoms with Crippen LogP contribution in [0.4, 0.5) is 0 Å². The highest BCUT2D eigenvalue weighted by Gasteiger charge is 2.28. The molecule has 0 aliphatic heterocycles. The maximum atomic E-state index is 12.9. The summed E-state index contributed by atoms with van der Waals surface area (Å²) in [5, 5.41) is 14.7. The molecule has 9 nitrogen and oxygen atoms in total. The van der Waals surface area contributed by atoms with E-state index in [9.17, 15) is 19.2 Å². The highest BCUT2D eigenvalue weighted by molar-refractivity contribution is 6.26. The number of allylic oxidation sites excluding steroid dienone is 1. The number of Topliss-reactive ketones (excluding diaryl/α,β-unsaturated/α-hetero) is 1. The lowest BCUT2D eigenvalue weighted by atomic mass is 9.92. The Kier molecular flexibility index (Phi) is 8.08. The predicted molar refractivity (Wildman–Crippen MR) is 113 cm³/mol. The van der Waals surface area contributed by atoms with Gasteiger partial charge in [-0.25, -0.2) is 0 Å². The Bertz CT molecular complexity index is 858. The molecule has 0 spiro atoms. The fourth-order valence-corrected chi connectivity index (χ4v) is 3.47. The Morgan fingerprint density at radius 3 is 2.60 bits per heavy atom. The number of nitrogens with one attached hydrogen (secondary N) is 5. The highest BCUT2D eigenvalue weighted by atomic mass is 16.2.